The molecular formula is C32H29NOS. The van der Waals surface area contributed by atoms with E-state index in [1.54, 1.807) is 11.3 Å². The molecule has 35 heavy (non-hydrogen) atoms. The summed E-state index contributed by atoms with van der Waals surface area (Å²) in [6.45, 7) is 10.0. The second-order valence-electron chi connectivity index (χ2n) is 10.3. The van der Waals surface area contributed by atoms with Crippen LogP contribution in [-0.4, -0.2) is 4.98 Å². The average Bonchev–Trinajstić information content (AvgIpc) is 3.47. The van der Waals surface area contributed by atoms with Gasteiger partial charge in [0.1, 0.15) is 11.2 Å². The summed E-state index contributed by atoms with van der Waals surface area (Å²) >= 11 is 1.71. The highest BCUT2D eigenvalue weighted by Crippen LogP contribution is 2.41. The van der Waals surface area contributed by atoms with Gasteiger partial charge in [0.2, 0.25) is 0 Å². The molecular weight excluding hydrogens is 446 g/mol. The normalized spacial score (nSPS) is 13.5. The Kier molecular flexibility index (Phi) is 4.57. The first-order valence-electron chi connectivity index (χ1n) is 13.0. The molecule has 3 heteroatoms. The minimum Gasteiger partial charge on any atom is -0.455 e. The Labute approximate surface area is 213 Å². The summed E-state index contributed by atoms with van der Waals surface area (Å²) < 4.78 is 26.2. The van der Waals surface area contributed by atoms with Crippen LogP contribution in [0.3, 0.4) is 0 Å². The van der Waals surface area contributed by atoms with Gasteiger partial charge in [0.05, 0.1) is 5.69 Å². The summed E-state index contributed by atoms with van der Waals surface area (Å²) in [4.78, 5) is 4.91. The third-order valence-electron chi connectivity index (χ3n) is 6.54. The first kappa shape index (κ1) is 19.8. The maximum atomic E-state index is 9.25. The lowest BCUT2D eigenvalue weighted by molar-refractivity contribution is 0.411. The first-order chi connectivity index (χ1) is 17.6. The van der Waals surface area contributed by atoms with Crippen molar-refractivity contribution >= 4 is 43.4 Å². The van der Waals surface area contributed by atoms with Crippen LogP contribution in [0.1, 0.15) is 40.2 Å². The number of nitrogens with zero attached hydrogens (tertiary/aromatic N) is 1. The van der Waals surface area contributed by atoms with Gasteiger partial charge < -0.3 is 4.42 Å². The minimum atomic E-state index is -1.60. The molecule has 0 radical (unpaired) electrons. The van der Waals surface area contributed by atoms with Crippen LogP contribution in [0, 0.1) is 19.3 Å². The molecule has 3 aromatic carbocycles. The Morgan fingerprint density at radius 1 is 0.857 bits per heavy atom. The standard InChI is InChI=1S/C32H29NOS/c1-19-8-6-9-20(2)29(19)26-18-33-27(16-21(26)17-32(3,4)5)24-11-7-10-22-23-12-13-28-25(14-15-35-28)31(23)34-30(22)24/h6-16,18H,17H2,1-5H3/i17D2. The molecule has 174 valence electrons. The number of fused-ring (bicyclic) bond motifs is 5. The van der Waals surface area contributed by atoms with Crippen molar-refractivity contribution in [2.24, 2.45) is 5.41 Å². The van der Waals surface area contributed by atoms with Crippen molar-refractivity contribution in [1.29, 1.82) is 0 Å². The summed E-state index contributed by atoms with van der Waals surface area (Å²) in [5.41, 5.74) is 7.40. The molecule has 3 aromatic heterocycles. The highest BCUT2D eigenvalue weighted by molar-refractivity contribution is 7.17. The monoisotopic (exact) mass is 477 g/mol. The Morgan fingerprint density at radius 3 is 2.37 bits per heavy atom. The maximum absolute atomic E-state index is 9.25. The van der Waals surface area contributed by atoms with Crippen molar-refractivity contribution in [3.05, 3.63) is 88.9 Å². The van der Waals surface area contributed by atoms with Gasteiger partial charge in [0, 0.05) is 40.9 Å². The number of hydrogen-bond acceptors (Lipinski definition) is 3. The van der Waals surface area contributed by atoms with Crippen LogP contribution >= 0.6 is 11.3 Å². The Hall–Kier alpha value is -3.43. The molecule has 6 aromatic rings. The number of rotatable bonds is 3. The van der Waals surface area contributed by atoms with E-state index < -0.39 is 11.8 Å². The van der Waals surface area contributed by atoms with Gasteiger partial charge in [-0.1, -0.05) is 51.1 Å². The molecule has 0 saturated heterocycles. The fourth-order valence-electron chi connectivity index (χ4n) is 5.05. The van der Waals surface area contributed by atoms with Gasteiger partial charge >= 0.3 is 0 Å². The van der Waals surface area contributed by atoms with Gasteiger partial charge in [-0.3, -0.25) is 4.98 Å². The van der Waals surface area contributed by atoms with Crippen LogP contribution in [-0.2, 0) is 6.37 Å². The smallest absolute Gasteiger partial charge is 0.144 e. The van der Waals surface area contributed by atoms with E-state index in [-0.39, 0.29) is 0 Å². The first-order valence-corrected chi connectivity index (χ1v) is 12.8. The summed E-state index contributed by atoms with van der Waals surface area (Å²) in [6, 6.07) is 20.7. The van der Waals surface area contributed by atoms with E-state index in [0.717, 1.165) is 55.1 Å². The molecule has 0 N–H and O–H groups in total. The van der Waals surface area contributed by atoms with Crippen molar-refractivity contribution in [3.8, 4) is 22.4 Å². The van der Waals surface area contributed by atoms with E-state index in [9.17, 15) is 2.74 Å². The largest absolute Gasteiger partial charge is 0.455 e. The lowest BCUT2D eigenvalue weighted by Crippen LogP contribution is -2.11. The van der Waals surface area contributed by atoms with E-state index in [1.807, 2.05) is 51.2 Å². The fraction of sp³-hybridized carbons (Fsp3) is 0.219. The summed E-state index contributed by atoms with van der Waals surface area (Å²) in [6.07, 6.45) is 0.251. The molecule has 0 fully saturated rings. The highest BCUT2D eigenvalue weighted by Gasteiger charge is 2.20. The summed E-state index contributed by atoms with van der Waals surface area (Å²) in [7, 11) is 0. The van der Waals surface area contributed by atoms with E-state index in [2.05, 4.69) is 55.6 Å². The van der Waals surface area contributed by atoms with E-state index >= 15 is 0 Å². The molecule has 0 spiro atoms. The molecule has 0 saturated carbocycles. The number of pyridine rings is 1. The molecule has 0 aliphatic carbocycles. The average molecular weight is 478 g/mol. The van der Waals surface area contributed by atoms with Crippen LogP contribution in [0.2, 0.25) is 0 Å². The van der Waals surface area contributed by atoms with Crippen molar-refractivity contribution in [2.45, 2.75) is 41.0 Å². The molecule has 0 unspecified atom stereocenters. The number of aromatic nitrogens is 1. The number of hydrogen-bond donors (Lipinski definition) is 0. The van der Waals surface area contributed by atoms with E-state index in [0.29, 0.717) is 11.3 Å². The lowest BCUT2D eigenvalue weighted by atomic mass is 9.83. The predicted octanol–water partition coefficient (Wildman–Crippen LogP) is 9.74. The zero-order valence-electron chi connectivity index (χ0n) is 22.7. The lowest BCUT2D eigenvalue weighted by Gasteiger charge is -2.22. The van der Waals surface area contributed by atoms with Gasteiger partial charge in [-0.15, -0.1) is 11.3 Å². The van der Waals surface area contributed by atoms with Gasteiger partial charge in [-0.2, -0.15) is 0 Å². The number of thiophene rings is 1. The van der Waals surface area contributed by atoms with Crippen molar-refractivity contribution in [3.63, 3.8) is 0 Å². The van der Waals surface area contributed by atoms with Gasteiger partial charge in [0.15, 0.2) is 0 Å². The zero-order chi connectivity index (χ0) is 26.1. The number of furan rings is 1. The third-order valence-corrected chi connectivity index (χ3v) is 7.42. The van der Waals surface area contributed by atoms with Crippen LogP contribution in [0.25, 0.3) is 54.4 Å². The molecule has 2 nitrogen and oxygen atoms in total. The summed E-state index contributed by atoms with van der Waals surface area (Å²) in [5.74, 6) is 0. The van der Waals surface area contributed by atoms with Crippen molar-refractivity contribution in [1.82, 2.24) is 4.98 Å². The molecule has 0 amide bonds. The second kappa shape index (κ2) is 8.07. The van der Waals surface area contributed by atoms with Crippen LogP contribution in [0.4, 0.5) is 0 Å². The Morgan fingerprint density at radius 2 is 1.60 bits per heavy atom. The zero-order valence-corrected chi connectivity index (χ0v) is 21.5. The number of aryl methyl sites for hydroxylation is 2. The summed E-state index contributed by atoms with van der Waals surface area (Å²) in [5, 5.41) is 5.34. The second-order valence-corrected chi connectivity index (χ2v) is 11.3. The molecule has 0 aliphatic rings. The van der Waals surface area contributed by atoms with Crippen LogP contribution in [0.5, 0.6) is 0 Å². The molecule has 0 atom stereocenters. The van der Waals surface area contributed by atoms with Crippen LogP contribution in [0.15, 0.2) is 76.7 Å². The molecule has 0 aliphatic heterocycles. The SMILES string of the molecule is [2H]C([2H])(c1cc(-c2cccc3c2oc2c4ccsc4ccc32)ncc1-c1c(C)cccc1C)C(C)(C)C. The van der Waals surface area contributed by atoms with E-state index in [4.69, 9.17) is 9.40 Å². The van der Waals surface area contributed by atoms with Gasteiger partial charge in [0.25, 0.3) is 0 Å². The Bertz CT molecular complexity index is 1800. The molecule has 0 bridgehead atoms. The quantitative estimate of drug-likeness (QED) is 0.253. The van der Waals surface area contributed by atoms with Gasteiger partial charge in [-0.25, -0.2) is 0 Å². The highest BCUT2D eigenvalue weighted by atomic mass is 32.1. The maximum Gasteiger partial charge on any atom is 0.144 e. The van der Waals surface area contributed by atoms with Gasteiger partial charge in [-0.05, 0) is 83.6 Å². The molecule has 3 heterocycles. The van der Waals surface area contributed by atoms with Crippen molar-refractivity contribution in [2.75, 3.05) is 0 Å². The van der Waals surface area contributed by atoms with E-state index in [1.165, 1.54) is 4.70 Å². The number of para-hydroxylation sites is 1. The predicted molar refractivity (Wildman–Crippen MR) is 150 cm³/mol. The number of benzene rings is 3. The molecule has 6 rings (SSSR count). The van der Waals surface area contributed by atoms with Crippen molar-refractivity contribution < 1.29 is 7.16 Å². The van der Waals surface area contributed by atoms with Crippen LogP contribution < -0.4 is 0 Å². The topological polar surface area (TPSA) is 26.0 Å². The minimum absolute atomic E-state index is 0.618. The third kappa shape index (κ3) is 3.75. The fourth-order valence-corrected chi connectivity index (χ4v) is 5.84. The Balaban J connectivity index is 1.64.